The third-order valence-electron chi connectivity index (χ3n) is 4.82. The largest absolute Gasteiger partial charge is 0.366 e. The Hall–Kier alpha value is -2.80. The Kier molecular flexibility index (Phi) is 4.16. The molecule has 2 aromatic carbocycles. The molecule has 26 heavy (non-hydrogen) atoms. The summed E-state index contributed by atoms with van der Waals surface area (Å²) in [7, 11) is 0. The monoisotopic (exact) mass is 356 g/mol. The molecule has 3 aromatic rings. The lowest BCUT2D eigenvalue weighted by Gasteiger charge is -2.23. The number of fused-ring (bicyclic) bond motifs is 1. The van der Waals surface area contributed by atoms with Crippen LogP contribution in [-0.2, 0) is 0 Å². The first-order valence-electron chi connectivity index (χ1n) is 8.52. The number of hydrogen-bond acceptors (Lipinski definition) is 3. The Morgan fingerprint density at radius 1 is 1.27 bits per heavy atom. The van der Waals surface area contributed by atoms with Gasteiger partial charge in [-0.2, -0.15) is 5.10 Å². The number of nitrogens with one attached hydrogen (secondary N) is 1. The van der Waals surface area contributed by atoms with Gasteiger partial charge in [0.15, 0.2) is 0 Å². The molecule has 1 aliphatic rings. The molecule has 5 nitrogen and oxygen atoms in total. The average molecular weight is 356 g/mol. The van der Waals surface area contributed by atoms with Crippen molar-refractivity contribution in [2.45, 2.75) is 18.8 Å². The summed E-state index contributed by atoms with van der Waals surface area (Å²) in [4.78, 5) is 11.5. The van der Waals surface area contributed by atoms with Gasteiger partial charge in [0.1, 0.15) is 17.2 Å². The van der Waals surface area contributed by atoms with E-state index in [1.165, 1.54) is 16.8 Å². The Bertz CT molecular complexity index is 993. The third kappa shape index (κ3) is 2.94. The molecule has 0 spiro atoms. The van der Waals surface area contributed by atoms with Gasteiger partial charge < -0.3 is 11.1 Å². The zero-order valence-electron chi connectivity index (χ0n) is 14.0. The maximum atomic E-state index is 14.6. The van der Waals surface area contributed by atoms with E-state index < -0.39 is 11.7 Å². The van der Waals surface area contributed by atoms with E-state index in [0.717, 1.165) is 32.0 Å². The van der Waals surface area contributed by atoms with E-state index in [-0.39, 0.29) is 17.3 Å². The van der Waals surface area contributed by atoms with Crippen LogP contribution >= 0.6 is 0 Å². The molecule has 4 rings (SSSR count). The molecule has 0 aliphatic carbocycles. The standard InChI is InChI=1S/C19H18F2N4O/c20-13-6-12-10-25(24-18(12)16(7-13)19(22)26)14-3-4-15(17(21)8-14)11-2-1-5-23-9-11/h3-4,6-8,10-11,23H,1-2,5,9H2,(H2,22,26). The van der Waals surface area contributed by atoms with Crippen LogP contribution in [0.15, 0.2) is 36.5 Å². The van der Waals surface area contributed by atoms with E-state index in [4.69, 9.17) is 5.73 Å². The molecule has 134 valence electrons. The number of benzene rings is 2. The zero-order chi connectivity index (χ0) is 18.3. The minimum atomic E-state index is -0.758. The number of amides is 1. The minimum Gasteiger partial charge on any atom is -0.366 e. The first kappa shape index (κ1) is 16.7. The van der Waals surface area contributed by atoms with E-state index >= 15 is 0 Å². The Morgan fingerprint density at radius 2 is 2.12 bits per heavy atom. The van der Waals surface area contributed by atoms with Crippen LogP contribution in [0.2, 0.25) is 0 Å². The summed E-state index contributed by atoms with van der Waals surface area (Å²) in [5.74, 6) is -1.47. The number of halogens is 2. The number of carbonyl (C=O) groups excluding carboxylic acids is 1. The van der Waals surface area contributed by atoms with Crippen molar-refractivity contribution in [3.05, 3.63) is 59.3 Å². The van der Waals surface area contributed by atoms with E-state index in [2.05, 4.69) is 10.4 Å². The predicted octanol–water partition coefficient (Wildman–Crippen LogP) is 2.87. The third-order valence-corrected chi connectivity index (χ3v) is 4.82. The van der Waals surface area contributed by atoms with Crippen molar-refractivity contribution in [2.24, 2.45) is 5.73 Å². The van der Waals surface area contributed by atoms with Crippen LogP contribution in [0.1, 0.15) is 34.7 Å². The van der Waals surface area contributed by atoms with Crippen LogP contribution in [-0.4, -0.2) is 28.8 Å². The number of piperidine rings is 1. The highest BCUT2D eigenvalue weighted by molar-refractivity contribution is 6.04. The highest BCUT2D eigenvalue weighted by atomic mass is 19.1. The van der Waals surface area contributed by atoms with Gasteiger partial charge in [-0.15, -0.1) is 0 Å². The molecule has 1 amide bonds. The predicted molar refractivity (Wildman–Crippen MR) is 94.3 cm³/mol. The number of hydrogen-bond donors (Lipinski definition) is 2. The second-order valence-corrected chi connectivity index (χ2v) is 6.58. The molecule has 1 saturated heterocycles. The van der Waals surface area contributed by atoms with E-state index in [0.29, 0.717) is 22.2 Å². The summed E-state index contributed by atoms with van der Waals surface area (Å²) in [6.07, 6.45) is 3.54. The Morgan fingerprint density at radius 3 is 2.81 bits per heavy atom. The van der Waals surface area contributed by atoms with Gasteiger partial charge in [-0.3, -0.25) is 4.79 Å². The molecular formula is C19H18F2N4O. The average Bonchev–Trinajstić information content (AvgIpc) is 3.05. The molecule has 1 unspecified atom stereocenters. The summed E-state index contributed by atoms with van der Waals surface area (Å²) >= 11 is 0. The fourth-order valence-electron chi connectivity index (χ4n) is 3.53. The number of primary amides is 1. The fourth-order valence-corrected chi connectivity index (χ4v) is 3.53. The molecule has 1 aliphatic heterocycles. The first-order chi connectivity index (χ1) is 12.5. The lowest BCUT2D eigenvalue weighted by molar-refractivity contribution is 0.100. The maximum Gasteiger partial charge on any atom is 0.251 e. The van der Waals surface area contributed by atoms with Crippen molar-refractivity contribution in [1.29, 1.82) is 0 Å². The van der Waals surface area contributed by atoms with Crippen molar-refractivity contribution in [3.63, 3.8) is 0 Å². The minimum absolute atomic E-state index is 0.00382. The summed E-state index contributed by atoms with van der Waals surface area (Å²) < 4.78 is 29.8. The molecule has 0 bridgehead atoms. The molecular weight excluding hydrogens is 338 g/mol. The van der Waals surface area contributed by atoms with E-state index in [9.17, 15) is 13.6 Å². The zero-order valence-corrected chi connectivity index (χ0v) is 14.0. The maximum absolute atomic E-state index is 14.6. The second-order valence-electron chi connectivity index (χ2n) is 6.58. The smallest absolute Gasteiger partial charge is 0.251 e. The van der Waals surface area contributed by atoms with Gasteiger partial charge >= 0.3 is 0 Å². The van der Waals surface area contributed by atoms with Crippen LogP contribution < -0.4 is 11.1 Å². The van der Waals surface area contributed by atoms with Crippen LogP contribution in [0.5, 0.6) is 0 Å². The van der Waals surface area contributed by atoms with Gasteiger partial charge in [0.2, 0.25) is 0 Å². The van der Waals surface area contributed by atoms with Crippen LogP contribution in [0, 0.1) is 11.6 Å². The second kappa shape index (κ2) is 6.49. The lowest BCUT2D eigenvalue weighted by Crippen LogP contribution is -2.28. The molecule has 3 N–H and O–H groups in total. The molecule has 2 heterocycles. The lowest BCUT2D eigenvalue weighted by atomic mass is 9.91. The molecule has 1 fully saturated rings. The van der Waals surface area contributed by atoms with Gasteiger partial charge in [0.05, 0.1) is 11.3 Å². The summed E-state index contributed by atoms with van der Waals surface area (Å²) in [5, 5.41) is 8.01. The number of rotatable bonds is 3. The molecule has 1 aromatic heterocycles. The Balaban J connectivity index is 1.74. The summed E-state index contributed by atoms with van der Waals surface area (Å²) in [6, 6.07) is 7.28. The van der Waals surface area contributed by atoms with Crippen molar-refractivity contribution >= 4 is 16.8 Å². The van der Waals surface area contributed by atoms with Crippen molar-refractivity contribution in [3.8, 4) is 5.69 Å². The highest BCUT2D eigenvalue weighted by Gasteiger charge is 2.19. The number of nitrogens with two attached hydrogens (primary N) is 1. The van der Waals surface area contributed by atoms with Gasteiger partial charge in [0.25, 0.3) is 5.91 Å². The van der Waals surface area contributed by atoms with Gasteiger partial charge in [-0.05, 0) is 55.1 Å². The molecule has 1 atom stereocenters. The summed E-state index contributed by atoms with van der Waals surface area (Å²) in [5.41, 5.74) is 6.78. The molecule has 7 heteroatoms. The van der Waals surface area contributed by atoms with Crippen molar-refractivity contribution in [1.82, 2.24) is 15.1 Å². The highest BCUT2D eigenvalue weighted by Crippen LogP contribution is 2.28. The Labute approximate surface area is 148 Å². The van der Waals surface area contributed by atoms with Crippen molar-refractivity contribution < 1.29 is 13.6 Å². The molecule has 0 radical (unpaired) electrons. The van der Waals surface area contributed by atoms with Crippen LogP contribution in [0.3, 0.4) is 0 Å². The quantitative estimate of drug-likeness (QED) is 0.758. The topological polar surface area (TPSA) is 72.9 Å². The van der Waals surface area contributed by atoms with Crippen LogP contribution in [0.25, 0.3) is 16.6 Å². The van der Waals surface area contributed by atoms with Gasteiger partial charge in [0, 0.05) is 18.1 Å². The number of nitrogens with zero attached hydrogens (tertiary/aromatic N) is 2. The normalized spacial score (nSPS) is 17.5. The fraction of sp³-hybridized carbons (Fsp3) is 0.263. The van der Waals surface area contributed by atoms with Gasteiger partial charge in [-0.1, -0.05) is 6.07 Å². The number of aromatic nitrogens is 2. The number of carbonyl (C=O) groups is 1. The van der Waals surface area contributed by atoms with E-state index in [1.807, 2.05) is 0 Å². The first-order valence-corrected chi connectivity index (χ1v) is 8.52. The molecule has 0 saturated carbocycles. The van der Waals surface area contributed by atoms with Crippen LogP contribution in [0.4, 0.5) is 8.78 Å². The van der Waals surface area contributed by atoms with E-state index in [1.54, 1.807) is 18.3 Å². The SMILES string of the molecule is NC(=O)c1cc(F)cc2cn(-c3ccc(C4CCCNC4)c(F)c3)nc12. The van der Waals surface area contributed by atoms with Crippen molar-refractivity contribution in [2.75, 3.05) is 13.1 Å². The summed E-state index contributed by atoms with van der Waals surface area (Å²) in [6.45, 7) is 1.73. The van der Waals surface area contributed by atoms with Gasteiger partial charge in [-0.25, -0.2) is 13.5 Å².